The lowest BCUT2D eigenvalue weighted by atomic mass is 9.93. The number of ether oxygens (including phenoxy) is 1. The Balaban J connectivity index is 1.42. The molecule has 3 aliphatic rings. The van der Waals surface area contributed by atoms with Gasteiger partial charge in [0.25, 0.3) is 0 Å². The normalized spacial score (nSPS) is 30.4. The topological polar surface area (TPSA) is 15.7 Å². The van der Waals surface area contributed by atoms with Crippen molar-refractivity contribution in [2.45, 2.75) is 18.5 Å². The van der Waals surface area contributed by atoms with Gasteiger partial charge in [-0.2, -0.15) is 11.3 Å². The Hall–Kier alpha value is -1.20. The number of benzene rings is 1. The fraction of sp³-hybridized carbons (Fsp3) is 0.500. The second-order valence-electron chi connectivity index (χ2n) is 7.32. The van der Waals surface area contributed by atoms with E-state index < -0.39 is 0 Å². The van der Waals surface area contributed by atoms with E-state index in [-0.39, 0.29) is 0 Å². The molecular weight excluding hydrogens is 316 g/mol. The predicted molar refractivity (Wildman–Crippen MR) is 97.4 cm³/mol. The van der Waals surface area contributed by atoms with Crippen molar-refractivity contribution in [3.8, 4) is 0 Å². The van der Waals surface area contributed by atoms with Gasteiger partial charge in [0.1, 0.15) is 0 Å². The smallest absolute Gasteiger partial charge is 0.0594 e. The first kappa shape index (κ1) is 15.1. The molecular formula is C20H24N2OS. The van der Waals surface area contributed by atoms with E-state index in [1.54, 1.807) is 11.1 Å². The van der Waals surface area contributed by atoms with Gasteiger partial charge in [-0.15, -0.1) is 0 Å². The third kappa shape index (κ3) is 2.53. The Morgan fingerprint density at radius 1 is 1.04 bits per heavy atom. The lowest BCUT2D eigenvalue weighted by Crippen LogP contribution is -2.41. The van der Waals surface area contributed by atoms with E-state index in [2.05, 4.69) is 50.9 Å². The number of fused-ring (bicyclic) bond motifs is 3. The van der Waals surface area contributed by atoms with Crippen LogP contribution in [-0.2, 0) is 11.3 Å². The standard InChI is InChI=1S/C20H24N2OS/c1-2-4-17-16(3-1)18-12-21(11-15-5-10-24-14-15)13-19(18)20(17)22-6-8-23-9-7-22/h1-5,10,14,18-20H,6-9,11-13H2/t18-,19-,20-/m0/s1. The molecule has 24 heavy (non-hydrogen) atoms. The van der Waals surface area contributed by atoms with E-state index in [1.807, 2.05) is 11.3 Å². The molecule has 0 spiro atoms. The highest BCUT2D eigenvalue weighted by molar-refractivity contribution is 7.07. The first-order valence-corrected chi connectivity index (χ1v) is 9.98. The van der Waals surface area contributed by atoms with Crippen LogP contribution in [0.15, 0.2) is 41.1 Å². The van der Waals surface area contributed by atoms with Crippen LogP contribution in [0.2, 0.25) is 0 Å². The Labute approximate surface area is 147 Å². The van der Waals surface area contributed by atoms with Crippen molar-refractivity contribution in [2.75, 3.05) is 39.4 Å². The molecule has 2 fully saturated rings. The number of morpholine rings is 1. The van der Waals surface area contributed by atoms with Crippen LogP contribution in [0.25, 0.3) is 0 Å². The molecule has 0 unspecified atom stereocenters. The first-order chi connectivity index (χ1) is 11.9. The molecule has 3 atom stereocenters. The van der Waals surface area contributed by atoms with Crippen molar-refractivity contribution in [1.29, 1.82) is 0 Å². The molecule has 0 bridgehead atoms. The minimum Gasteiger partial charge on any atom is -0.379 e. The average molecular weight is 340 g/mol. The van der Waals surface area contributed by atoms with Gasteiger partial charge in [-0.3, -0.25) is 9.80 Å². The van der Waals surface area contributed by atoms with Crippen molar-refractivity contribution >= 4 is 11.3 Å². The maximum atomic E-state index is 5.60. The maximum absolute atomic E-state index is 5.60. The molecule has 0 saturated carbocycles. The summed E-state index contributed by atoms with van der Waals surface area (Å²) in [6, 6.07) is 12.0. The lowest BCUT2D eigenvalue weighted by molar-refractivity contribution is 0.00470. The molecule has 2 aromatic rings. The monoisotopic (exact) mass is 340 g/mol. The quantitative estimate of drug-likeness (QED) is 0.852. The van der Waals surface area contributed by atoms with Crippen molar-refractivity contribution < 1.29 is 4.74 Å². The third-order valence-electron chi connectivity index (χ3n) is 5.99. The lowest BCUT2D eigenvalue weighted by Gasteiger charge is -2.36. The summed E-state index contributed by atoms with van der Waals surface area (Å²) in [6.07, 6.45) is 0. The molecule has 0 radical (unpaired) electrons. The highest BCUT2D eigenvalue weighted by Crippen LogP contribution is 2.51. The van der Waals surface area contributed by atoms with Crippen LogP contribution in [0.1, 0.15) is 28.7 Å². The fourth-order valence-electron chi connectivity index (χ4n) is 5.00. The van der Waals surface area contributed by atoms with Crippen molar-refractivity contribution in [2.24, 2.45) is 5.92 Å². The van der Waals surface area contributed by atoms with Crippen LogP contribution < -0.4 is 0 Å². The van der Waals surface area contributed by atoms with Crippen molar-refractivity contribution in [1.82, 2.24) is 9.80 Å². The van der Waals surface area contributed by atoms with Gasteiger partial charge < -0.3 is 4.74 Å². The van der Waals surface area contributed by atoms with Crippen LogP contribution in [0.4, 0.5) is 0 Å². The molecule has 4 heteroatoms. The zero-order valence-electron chi connectivity index (χ0n) is 13.9. The summed E-state index contributed by atoms with van der Waals surface area (Å²) >= 11 is 1.81. The van der Waals surface area contributed by atoms with Crippen LogP contribution in [0.3, 0.4) is 0 Å². The second kappa shape index (κ2) is 6.26. The zero-order chi connectivity index (χ0) is 15.9. The Morgan fingerprint density at radius 2 is 1.88 bits per heavy atom. The highest BCUT2D eigenvalue weighted by Gasteiger charge is 2.48. The van der Waals surface area contributed by atoms with Crippen LogP contribution >= 0.6 is 11.3 Å². The van der Waals surface area contributed by atoms with Gasteiger partial charge in [0.2, 0.25) is 0 Å². The minimum atomic E-state index is 0.586. The number of hydrogen-bond acceptors (Lipinski definition) is 4. The molecule has 1 aromatic carbocycles. The SMILES string of the molecule is c1ccc2c(c1)[C@@H]1CN(Cc3ccsc3)C[C@@H]1[C@H]2N1CCOCC1. The summed E-state index contributed by atoms with van der Waals surface area (Å²) < 4.78 is 5.60. The fourth-order valence-corrected chi connectivity index (χ4v) is 5.66. The van der Waals surface area contributed by atoms with Crippen LogP contribution in [0.5, 0.6) is 0 Å². The van der Waals surface area contributed by atoms with Gasteiger partial charge in [-0.05, 0) is 39.4 Å². The van der Waals surface area contributed by atoms with Crippen molar-refractivity contribution in [3.05, 3.63) is 57.8 Å². The first-order valence-electron chi connectivity index (χ1n) is 9.04. The molecule has 1 aliphatic carbocycles. The van der Waals surface area contributed by atoms with Crippen LogP contribution in [-0.4, -0.2) is 49.2 Å². The second-order valence-corrected chi connectivity index (χ2v) is 8.10. The van der Waals surface area contributed by atoms with E-state index in [1.165, 1.54) is 18.7 Å². The van der Waals surface area contributed by atoms with Gasteiger partial charge in [0, 0.05) is 44.7 Å². The number of nitrogens with zero attached hydrogens (tertiary/aromatic N) is 2. The van der Waals surface area contributed by atoms with E-state index >= 15 is 0 Å². The summed E-state index contributed by atoms with van der Waals surface area (Å²) in [6.45, 7) is 7.45. The molecule has 126 valence electrons. The van der Waals surface area contributed by atoms with E-state index in [0.29, 0.717) is 12.0 Å². The number of likely N-dealkylation sites (tertiary alicyclic amines) is 1. The summed E-state index contributed by atoms with van der Waals surface area (Å²) in [7, 11) is 0. The van der Waals surface area contributed by atoms with Gasteiger partial charge >= 0.3 is 0 Å². The van der Waals surface area contributed by atoms with E-state index in [9.17, 15) is 0 Å². The molecule has 1 aromatic heterocycles. The largest absolute Gasteiger partial charge is 0.379 e. The summed E-state index contributed by atoms with van der Waals surface area (Å²) in [5, 5.41) is 4.49. The van der Waals surface area contributed by atoms with Gasteiger partial charge in [0.15, 0.2) is 0 Å². The third-order valence-corrected chi connectivity index (χ3v) is 6.72. The summed E-state index contributed by atoms with van der Waals surface area (Å²) in [4.78, 5) is 5.35. The minimum absolute atomic E-state index is 0.586. The molecule has 0 amide bonds. The van der Waals surface area contributed by atoms with E-state index in [4.69, 9.17) is 4.74 Å². The molecule has 2 saturated heterocycles. The molecule has 3 heterocycles. The molecule has 3 nitrogen and oxygen atoms in total. The molecule has 2 aliphatic heterocycles. The molecule has 5 rings (SSSR count). The van der Waals surface area contributed by atoms with Crippen molar-refractivity contribution in [3.63, 3.8) is 0 Å². The summed E-state index contributed by atoms with van der Waals surface area (Å²) in [5.41, 5.74) is 4.66. The predicted octanol–water partition coefficient (Wildman–Crippen LogP) is 3.35. The van der Waals surface area contributed by atoms with Gasteiger partial charge in [0.05, 0.1) is 13.2 Å². The van der Waals surface area contributed by atoms with Gasteiger partial charge in [-0.1, -0.05) is 24.3 Å². The number of rotatable bonds is 3. The van der Waals surface area contributed by atoms with Gasteiger partial charge in [-0.25, -0.2) is 0 Å². The zero-order valence-corrected chi connectivity index (χ0v) is 14.8. The Kier molecular flexibility index (Phi) is 3.94. The Morgan fingerprint density at radius 3 is 2.67 bits per heavy atom. The highest BCUT2D eigenvalue weighted by atomic mass is 32.1. The van der Waals surface area contributed by atoms with E-state index in [0.717, 1.165) is 38.8 Å². The van der Waals surface area contributed by atoms with Crippen LogP contribution in [0, 0.1) is 5.92 Å². The summed E-state index contributed by atoms with van der Waals surface area (Å²) in [5.74, 6) is 1.44. The Bertz CT molecular complexity index is 695. The number of thiophene rings is 1. The number of hydrogen-bond donors (Lipinski definition) is 0. The maximum Gasteiger partial charge on any atom is 0.0594 e. The average Bonchev–Trinajstić information content (AvgIpc) is 3.32. The molecule has 0 N–H and O–H groups in total.